The number of carbonyl (C=O) groups excluding carboxylic acids is 2. The highest BCUT2D eigenvalue weighted by Gasteiger charge is 2.17. The Hall–Kier alpha value is -1.47. The maximum absolute atomic E-state index is 11.9. The lowest BCUT2D eigenvalue weighted by molar-refractivity contribution is -0.122. The van der Waals surface area contributed by atoms with Crippen molar-refractivity contribution in [3.05, 3.63) is 16.1 Å². The molecule has 0 saturated carbocycles. The number of aromatic nitrogens is 1. The van der Waals surface area contributed by atoms with Crippen LogP contribution in [-0.4, -0.2) is 41.3 Å². The number of hydrogen-bond donors (Lipinski definition) is 2. The summed E-state index contributed by atoms with van der Waals surface area (Å²) in [6.07, 6.45) is 0. The van der Waals surface area contributed by atoms with Crippen molar-refractivity contribution in [1.29, 1.82) is 0 Å². The number of nitrogens with zero attached hydrogens (tertiary/aromatic N) is 2. The molecule has 0 aromatic carbocycles. The number of hydrogen-bond acceptors (Lipinski definition) is 5. The molecule has 2 amide bonds. The molecule has 3 N–H and O–H groups in total. The number of amides is 2. The van der Waals surface area contributed by atoms with Crippen molar-refractivity contribution in [2.45, 2.75) is 26.4 Å². The quantitative estimate of drug-likeness (QED) is 0.800. The Kier molecular flexibility index (Phi) is 5.24. The first-order chi connectivity index (χ1) is 8.43. The molecule has 0 spiro atoms. The average Bonchev–Trinajstić information content (AvgIpc) is 2.75. The summed E-state index contributed by atoms with van der Waals surface area (Å²) >= 11 is 1.34. The van der Waals surface area contributed by atoms with Crippen molar-refractivity contribution in [1.82, 2.24) is 15.2 Å². The summed E-state index contributed by atoms with van der Waals surface area (Å²) in [6, 6.07) is 0.0594. The van der Waals surface area contributed by atoms with Gasteiger partial charge in [0.25, 0.3) is 5.91 Å². The smallest absolute Gasteiger partial charge is 0.273 e. The van der Waals surface area contributed by atoms with Gasteiger partial charge in [-0.25, -0.2) is 4.98 Å². The highest BCUT2D eigenvalue weighted by atomic mass is 32.1. The van der Waals surface area contributed by atoms with Crippen LogP contribution in [0.4, 0.5) is 0 Å². The van der Waals surface area contributed by atoms with E-state index in [1.807, 2.05) is 13.8 Å². The summed E-state index contributed by atoms with van der Waals surface area (Å²) in [4.78, 5) is 28.9. The van der Waals surface area contributed by atoms with Crippen LogP contribution < -0.4 is 11.1 Å². The van der Waals surface area contributed by atoms with E-state index < -0.39 is 0 Å². The summed E-state index contributed by atoms with van der Waals surface area (Å²) in [5, 5.41) is 5.09. The molecule has 0 atom stereocenters. The van der Waals surface area contributed by atoms with Crippen LogP contribution in [0.3, 0.4) is 0 Å². The second-order valence-corrected chi connectivity index (χ2v) is 5.16. The van der Waals surface area contributed by atoms with Gasteiger partial charge in [-0.3, -0.25) is 9.59 Å². The fraction of sp³-hybridized carbons (Fsp3) is 0.545. The van der Waals surface area contributed by atoms with Crippen LogP contribution in [0.15, 0.2) is 5.38 Å². The fourth-order valence-corrected chi connectivity index (χ4v) is 2.00. The molecule has 1 aromatic heterocycles. The van der Waals surface area contributed by atoms with E-state index in [4.69, 9.17) is 5.73 Å². The van der Waals surface area contributed by atoms with Gasteiger partial charge in [0.1, 0.15) is 10.7 Å². The SMILES string of the molecule is CC(C)NC(=O)CN(C)C(=O)c1csc(CN)n1. The summed E-state index contributed by atoms with van der Waals surface area (Å²) in [7, 11) is 1.57. The molecule has 0 aliphatic rings. The minimum atomic E-state index is -0.273. The first-order valence-electron chi connectivity index (χ1n) is 5.63. The van der Waals surface area contributed by atoms with Crippen molar-refractivity contribution in [3.63, 3.8) is 0 Å². The average molecular weight is 270 g/mol. The van der Waals surface area contributed by atoms with Gasteiger partial charge in [0.15, 0.2) is 0 Å². The summed E-state index contributed by atoms with van der Waals surface area (Å²) in [6.45, 7) is 4.07. The third kappa shape index (κ3) is 4.08. The number of nitrogens with one attached hydrogen (secondary N) is 1. The van der Waals surface area contributed by atoms with E-state index in [9.17, 15) is 9.59 Å². The first kappa shape index (κ1) is 14.6. The number of rotatable bonds is 5. The van der Waals surface area contributed by atoms with Crippen molar-refractivity contribution in [2.75, 3.05) is 13.6 Å². The predicted octanol–water partition coefficient (Wildman–Crippen LogP) is 0.198. The van der Waals surface area contributed by atoms with Gasteiger partial charge in [-0.05, 0) is 13.8 Å². The van der Waals surface area contributed by atoms with Crippen LogP contribution in [-0.2, 0) is 11.3 Å². The lowest BCUT2D eigenvalue weighted by Crippen LogP contribution is -2.40. The molecule has 0 aliphatic carbocycles. The molecule has 0 radical (unpaired) electrons. The molecule has 0 unspecified atom stereocenters. The van der Waals surface area contributed by atoms with E-state index in [1.54, 1.807) is 12.4 Å². The van der Waals surface area contributed by atoms with Gasteiger partial charge >= 0.3 is 0 Å². The molecule has 1 aromatic rings. The van der Waals surface area contributed by atoms with E-state index in [1.165, 1.54) is 16.2 Å². The fourth-order valence-electron chi connectivity index (χ4n) is 1.35. The maximum Gasteiger partial charge on any atom is 0.273 e. The number of likely N-dealkylation sites (N-methyl/N-ethyl adjacent to an activating group) is 1. The van der Waals surface area contributed by atoms with Crippen LogP contribution in [0.2, 0.25) is 0 Å². The topological polar surface area (TPSA) is 88.3 Å². The molecule has 0 fully saturated rings. The van der Waals surface area contributed by atoms with Gasteiger partial charge in [-0.1, -0.05) is 0 Å². The van der Waals surface area contributed by atoms with Gasteiger partial charge in [0.05, 0.1) is 6.54 Å². The number of carbonyl (C=O) groups is 2. The minimum Gasteiger partial charge on any atom is -0.352 e. The van der Waals surface area contributed by atoms with Gasteiger partial charge in [0, 0.05) is 25.0 Å². The van der Waals surface area contributed by atoms with Crippen LogP contribution in [0.25, 0.3) is 0 Å². The number of nitrogens with two attached hydrogens (primary N) is 1. The molecule has 6 nitrogen and oxygen atoms in total. The van der Waals surface area contributed by atoms with Crippen molar-refractivity contribution in [3.8, 4) is 0 Å². The number of thiazole rings is 1. The molecule has 0 bridgehead atoms. The van der Waals surface area contributed by atoms with Crippen LogP contribution in [0, 0.1) is 0 Å². The minimum absolute atomic E-state index is 0.0203. The van der Waals surface area contributed by atoms with Gasteiger partial charge in [-0.15, -0.1) is 11.3 Å². The highest BCUT2D eigenvalue weighted by molar-refractivity contribution is 7.09. The van der Waals surface area contributed by atoms with Gasteiger partial charge in [0.2, 0.25) is 5.91 Å². The van der Waals surface area contributed by atoms with Gasteiger partial charge in [-0.2, -0.15) is 0 Å². The Morgan fingerprint density at radius 3 is 2.72 bits per heavy atom. The molecule has 0 aliphatic heterocycles. The normalized spacial score (nSPS) is 10.5. The molecular formula is C11H18N4O2S. The Bertz CT molecular complexity index is 430. The zero-order valence-electron chi connectivity index (χ0n) is 10.8. The Morgan fingerprint density at radius 2 is 2.22 bits per heavy atom. The molecule has 100 valence electrons. The summed E-state index contributed by atoms with van der Waals surface area (Å²) < 4.78 is 0. The molecule has 18 heavy (non-hydrogen) atoms. The first-order valence-corrected chi connectivity index (χ1v) is 6.51. The Morgan fingerprint density at radius 1 is 1.56 bits per heavy atom. The zero-order valence-corrected chi connectivity index (χ0v) is 11.6. The molecular weight excluding hydrogens is 252 g/mol. The predicted molar refractivity (Wildman–Crippen MR) is 70.2 cm³/mol. The van der Waals surface area contributed by atoms with Crippen LogP contribution in [0.1, 0.15) is 29.3 Å². The Labute approximate surface area is 110 Å². The van der Waals surface area contributed by atoms with E-state index in [-0.39, 0.29) is 24.4 Å². The van der Waals surface area contributed by atoms with E-state index in [0.29, 0.717) is 17.2 Å². The van der Waals surface area contributed by atoms with Crippen molar-refractivity contribution < 1.29 is 9.59 Å². The van der Waals surface area contributed by atoms with E-state index in [0.717, 1.165) is 0 Å². The van der Waals surface area contributed by atoms with E-state index in [2.05, 4.69) is 10.3 Å². The van der Waals surface area contributed by atoms with Gasteiger partial charge < -0.3 is 16.0 Å². The van der Waals surface area contributed by atoms with Crippen molar-refractivity contribution in [2.24, 2.45) is 5.73 Å². The third-order valence-electron chi connectivity index (χ3n) is 2.12. The monoisotopic (exact) mass is 270 g/mol. The summed E-state index contributed by atoms with van der Waals surface area (Å²) in [5.74, 6) is -0.458. The molecule has 0 saturated heterocycles. The summed E-state index contributed by atoms with van der Waals surface area (Å²) in [5.41, 5.74) is 5.77. The standard InChI is InChI=1S/C11H18N4O2S/c1-7(2)13-9(16)5-15(3)11(17)8-6-18-10(4-12)14-8/h6-7H,4-5,12H2,1-3H3,(H,13,16). The highest BCUT2D eigenvalue weighted by Crippen LogP contribution is 2.10. The molecule has 7 heteroatoms. The third-order valence-corrected chi connectivity index (χ3v) is 2.99. The lowest BCUT2D eigenvalue weighted by atomic mass is 10.3. The Balaban J connectivity index is 2.58. The zero-order chi connectivity index (χ0) is 13.7. The maximum atomic E-state index is 11.9. The molecule has 1 heterocycles. The molecule has 1 rings (SSSR count). The largest absolute Gasteiger partial charge is 0.352 e. The van der Waals surface area contributed by atoms with Crippen LogP contribution in [0.5, 0.6) is 0 Å². The van der Waals surface area contributed by atoms with E-state index >= 15 is 0 Å². The second kappa shape index (κ2) is 6.46. The van der Waals surface area contributed by atoms with Crippen molar-refractivity contribution >= 4 is 23.2 Å². The second-order valence-electron chi connectivity index (χ2n) is 4.21. The van der Waals surface area contributed by atoms with Crippen LogP contribution >= 0.6 is 11.3 Å². The lowest BCUT2D eigenvalue weighted by Gasteiger charge is -2.16.